The molecule has 0 atom stereocenters. The monoisotopic (exact) mass is 446 g/mol. The maximum absolute atomic E-state index is 13.1. The van der Waals surface area contributed by atoms with Crippen molar-refractivity contribution in [1.82, 2.24) is 8.87 Å². The number of sulfonamides is 1. The van der Waals surface area contributed by atoms with E-state index in [0.717, 1.165) is 6.07 Å². The van der Waals surface area contributed by atoms with Gasteiger partial charge in [0.05, 0.1) is 9.82 Å². The van der Waals surface area contributed by atoms with Crippen LogP contribution in [0.15, 0.2) is 52.5 Å². The van der Waals surface area contributed by atoms with Crippen molar-refractivity contribution in [3.05, 3.63) is 63.8 Å². The number of benzene rings is 1. The number of piperidine rings is 1. The first-order chi connectivity index (χ1) is 14.6. The molecule has 0 radical (unpaired) electrons. The summed E-state index contributed by atoms with van der Waals surface area (Å²) in [5.41, 5.74) is 0.754. The Labute approximate surface area is 181 Å². The molecule has 10 heteroatoms. The molecule has 1 aromatic heterocycles. The van der Waals surface area contributed by atoms with Gasteiger partial charge in [-0.3, -0.25) is 24.5 Å². The zero-order valence-corrected chi connectivity index (χ0v) is 18.6. The molecular formula is C21H26N4O5S. The molecule has 9 nitrogen and oxygen atoms in total. The van der Waals surface area contributed by atoms with Gasteiger partial charge in [-0.25, -0.2) is 8.42 Å². The van der Waals surface area contributed by atoms with Crippen LogP contribution in [0, 0.1) is 23.0 Å². The maximum Gasteiger partial charge on any atom is 0.270 e. The fourth-order valence-electron chi connectivity index (χ4n) is 3.65. The summed E-state index contributed by atoms with van der Waals surface area (Å²) in [6, 6.07) is 9.23. The van der Waals surface area contributed by atoms with E-state index in [1.54, 1.807) is 25.3 Å². The second kappa shape index (κ2) is 9.11. The number of pyridine rings is 1. The molecule has 0 N–H and O–H groups in total. The summed E-state index contributed by atoms with van der Waals surface area (Å²) in [6.07, 6.45) is 2.42. The lowest BCUT2D eigenvalue weighted by molar-refractivity contribution is -0.385. The van der Waals surface area contributed by atoms with Crippen LogP contribution in [0.25, 0.3) is 0 Å². The van der Waals surface area contributed by atoms with Gasteiger partial charge in [0.25, 0.3) is 5.69 Å². The molecule has 0 saturated carbocycles. The number of aromatic nitrogens is 1. The Balaban J connectivity index is 1.79. The van der Waals surface area contributed by atoms with E-state index in [1.807, 2.05) is 19.9 Å². The average Bonchev–Trinajstić information content (AvgIpc) is 2.73. The normalized spacial score (nSPS) is 16.6. The number of hydrogen-bond acceptors (Lipinski definition) is 6. The Morgan fingerprint density at radius 3 is 2.48 bits per heavy atom. The number of nitrogens with zero attached hydrogens (tertiary/aromatic N) is 4. The molecule has 166 valence electrons. The van der Waals surface area contributed by atoms with Crippen molar-refractivity contribution in [2.24, 2.45) is 10.9 Å². The van der Waals surface area contributed by atoms with E-state index in [0.29, 0.717) is 23.9 Å². The molecule has 0 aliphatic carbocycles. The third-order valence-electron chi connectivity index (χ3n) is 5.27. The first-order valence-electron chi connectivity index (χ1n) is 10.1. The second-order valence-corrected chi connectivity index (χ2v) is 9.78. The Morgan fingerprint density at radius 1 is 1.19 bits per heavy atom. The maximum atomic E-state index is 13.1. The van der Waals surface area contributed by atoms with Gasteiger partial charge in [-0.2, -0.15) is 4.31 Å². The van der Waals surface area contributed by atoms with Gasteiger partial charge in [0.15, 0.2) is 0 Å². The fraction of sp³-hybridized carbons (Fsp3) is 0.429. The number of hydrogen-bond donors (Lipinski definition) is 0. The molecule has 3 rings (SSSR count). The summed E-state index contributed by atoms with van der Waals surface area (Å²) in [7, 11) is -3.89. The van der Waals surface area contributed by atoms with Gasteiger partial charge in [0.1, 0.15) is 5.49 Å². The number of nitro groups is 1. The largest absolute Gasteiger partial charge is 0.274 e. The highest BCUT2D eigenvalue weighted by Crippen LogP contribution is 2.28. The molecule has 0 bridgehead atoms. The van der Waals surface area contributed by atoms with Crippen LogP contribution in [-0.2, 0) is 10.0 Å². The summed E-state index contributed by atoms with van der Waals surface area (Å²) >= 11 is 0. The highest BCUT2D eigenvalue weighted by Gasteiger charge is 2.34. The van der Waals surface area contributed by atoms with Crippen molar-refractivity contribution in [2.45, 2.75) is 44.6 Å². The van der Waals surface area contributed by atoms with Crippen LogP contribution in [0.2, 0.25) is 0 Å². The van der Waals surface area contributed by atoms with E-state index in [9.17, 15) is 23.3 Å². The standard InChI is InChI=1S/C21H26N4O5S/c1-15(2)22-20-6-4-5-11-24(20)21(26)17-9-12-23(13-10-17)31(29,30)19-14-18(25(27)28)8-7-16(19)3/h4-8,11,14-15,17H,9-10,12-13H2,1-3H3. The summed E-state index contributed by atoms with van der Waals surface area (Å²) in [4.78, 5) is 27.9. The molecule has 1 aliphatic heterocycles. The topological polar surface area (TPSA) is 115 Å². The van der Waals surface area contributed by atoms with Crippen LogP contribution in [0.5, 0.6) is 0 Å². The van der Waals surface area contributed by atoms with Gasteiger partial charge < -0.3 is 0 Å². The smallest absolute Gasteiger partial charge is 0.270 e. The summed E-state index contributed by atoms with van der Waals surface area (Å²) in [5.74, 6) is -0.435. The Hall–Kier alpha value is -2.85. The molecular weight excluding hydrogens is 420 g/mol. The van der Waals surface area contributed by atoms with Crippen molar-refractivity contribution in [3.63, 3.8) is 0 Å². The number of rotatable bonds is 5. The quantitative estimate of drug-likeness (QED) is 0.517. The van der Waals surface area contributed by atoms with Gasteiger partial charge in [-0.15, -0.1) is 0 Å². The number of nitro benzene ring substituents is 1. The highest BCUT2D eigenvalue weighted by molar-refractivity contribution is 7.89. The Kier molecular flexibility index (Phi) is 6.71. The van der Waals surface area contributed by atoms with Gasteiger partial charge in [-0.1, -0.05) is 12.1 Å². The average molecular weight is 447 g/mol. The SMILES string of the molecule is Cc1ccc([N+](=O)[O-])cc1S(=O)(=O)N1CCC(C(=O)n2ccccc2=NC(C)C)CC1. The summed E-state index contributed by atoms with van der Waals surface area (Å²) in [6.45, 7) is 5.82. The zero-order chi connectivity index (χ0) is 22.8. The number of aryl methyl sites for hydroxylation is 1. The van der Waals surface area contributed by atoms with Crippen molar-refractivity contribution < 1.29 is 18.1 Å². The van der Waals surface area contributed by atoms with Gasteiger partial charge in [-0.05, 0) is 51.3 Å². The first-order valence-corrected chi connectivity index (χ1v) is 11.6. The van der Waals surface area contributed by atoms with Gasteiger partial charge in [0, 0.05) is 43.4 Å². The second-order valence-electron chi connectivity index (χ2n) is 7.88. The molecule has 0 unspecified atom stereocenters. The van der Waals surface area contributed by atoms with E-state index < -0.39 is 14.9 Å². The van der Waals surface area contributed by atoms with Gasteiger partial charge >= 0.3 is 0 Å². The first kappa shape index (κ1) is 22.8. The van der Waals surface area contributed by atoms with Crippen LogP contribution in [0.3, 0.4) is 0 Å². The lowest BCUT2D eigenvalue weighted by Crippen LogP contribution is -2.42. The Bertz CT molecular complexity index is 1160. The third kappa shape index (κ3) is 4.91. The summed E-state index contributed by atoms with van der Waals surface area (Å²) in [5, 5.41) is 11.1. The van der Waals surface area contributed by atoms with Crippen LogP contribution in [0.4, 0.5) is 5.69 Å². The minimum absolute atomic E-state index is 0.0339. The van der Waals surface area contributed by atoms with E-state index in [-0.39, 0.29) is 41.5 Å². The van der Waals surface area contributed by atoms with E-state index in [4.69, 9.17) is 0 Å². The van der Waals surface area contributed by atoms with Crippen molar-refractivity contribution in [2.75, 3.05) is 13.1 Å². The van der Waals surface area contributed by atoms with Crippen LogP contribution in [-0.4, -0.2) is 47.3 Å². The van der Waals surface area contributed by atoms with Crippen LogP contribution >= 0.6 is 0 Å². The molecule has 1 aliphatic rings. The zero-order valence-electron chi connectivity index (χ0n) is 17.8. The minimum Gasteiger partial charge on any atom is -0.274 e. The number of carbonyl (C=O) groups excluding carboxylic acids is 1. The summed E-state index contributed by atoms with van der Waals surface area (Å²) < 4.78 is 29.0. The molecule has 2 aromatic rings. The minimum atomic E-state index is -3.89. The van der Waals surface area contributed by atoms with Crippen molar-refractivity contribution in [3.8, 4) is 0 Å². The van der Waals surface area contributed by atoms with Crippen LogP contribution < -0.4 is 5.49 Å². The molecule has 1 saturated heterocycles. The number of carbonyl (C=O) groups is 1. The predicted octanol–water partition coefficient (Wildman–Crippen LogP) is 2.75. The van der Waals surface area contributed by atoms with Crippen molar-refractivity contribution in [1.29, 1.82) is 0 Å². The molecule has 2 heterocycles. The predicted molar refractivity (Wildman–Crippen MR) is 115 cm³/mol. The lowest BCUT2D eigenvalue weighted by Gasteiger charge is -2.31. The third-order valence-corrected chi connectivity index (χ3v) is 7.31. The highest BCUT2D eigenvalue weighted by atomic mass is 32.2. The number of non-ortho nitro benzene ring substituents is 1. The molecule has 0 amide bonds. The molecule has 0 spiro atoms. The molecule has 1 aromatic carbocycles. The van der Waals surface area contributed by atoms with Gasteiger partial charge in [0.2, 0.25) is 15.9 Å². The van der Waals surface area contributed by atoms with E-state index >= 15 is 0 Å². The molecule has 1 fully saturated rings. The van der Waals surface area contributed by atoms with Crippen LogP contribution in [0.1, 0.15) is 37.0 Å². The fourth-order valence-corrected chi connectivity index (χ4v) is 5.36. The van der Waals surface area contributed by atoms with E-state index in [2.05, 4.69) is 4.99 Å². The van der Waals surface area contributed by atoms with E-state index in [1.165, 1.54) is 21.0 Å². The molecule has 31 heavy (non-hydrogen) atoms. The Morgan fingerprint density at radius 2 is 1.87 bits per heavy atom. The lowest BCUT2D eigenvalue weighted by atomic mass is 9.97. The van der Waals surface area contributed by atoms with Crippen molar-refractivity contribution >= 4 is 21.6 Å².